The summed E-state index contributed by atoms with van der Waals surface area (Å²) in [6.07, 6.45) is -0.961. The summed E-state index contributed by atoms with van der Waals surface area (Å²) in [6, 6.07) is 7.04. The predicted octanol–water partition coefficient (Wildman–Crippen LogP) is 3.63. The van der Waals surface area contributed by atoms with Crippen molar-refractivity contribution >= 4 is 5.97 Å². The Hall–Kier alpha value is -1.38. The molecule has 0 saturated carbocycles. The normalized spacial score (nSPS) is 14.5. The Bertz CT molecular complexity index is 370. The molecule has 0 fully saturated rings. The SMILES string of the molecule is COC(=O)C(C)c1ccc(C([18F])C(C)C)cc1. The van der Waals surface area contributed by atoms with Gasteiger partial charge in [-0.25, -0.2) is 4.39 Å². The van der Waals surface area contributed by atoms with Crippen molar-refractivity contribution in [2.75, 3.05) is 7.11 Å². The Kier molecular flexibility index (Phi) is 4.67. The highest BCUT2D eigenvalue weighted by atomic mass is 18.2. The van der Waals surface area contributed by atoms with Crippen molar-refractivity contribution in [3.05, 3.63) is 35.4 Å². The molecule has 1 rings (SSSR count). The molecular formula is C14H19FO2. The second-order valence-corrected chi connectivity index (χ2v) is 4.56. The molecule has 0 amide bonds. The number of rotatable bonds is 4. The molecule has 2 unspecified atom stereocenters. The average Bonchev–Trinajstić information content (AvgIpc) is 2.36. The van der Waals surface area contributed by atoms with Crippen LogP contribution in [0.25, 0.3) is 0 Å². The van der Waals surface area contributed by atoms with Gasteiger partial charge in [-0.1, -0.05) is 38.1 Å². The van der Waals surface area contributed by atoms with Crippen LogP contribution in [0.1, 0.15) is 44.0 Å². The standard InChI is InChI=1S/C14H19FO2/c1-9(2)13(15)12-7-5-11(6-8-12)10(3)14(16)17-4/h5-10,13H,1-4H3/i15-1. The summed E-state index contributed by atoms with van der Waals surface area (Å²) in [5.74, 6) is -0.636. The lowest BCUT2D eigenvalue weighted by atomic mass is 9.95. The lowest BCUT2D eigenvalue weighted by Gasteiger charge is -2.14. The number of ether oxygens (including phenoxy) is 1. The van der Waals surface area contributed by atoms with Crippen LogP contribution in [0.5, 0.6) is 0 Å². The van der Waals surface area contributed by atoms with Crippen LogP contribution in [-0.2, 0) is 9.53 Å². The second kappa shape index (κ2) is 5.80. The van der Waals surface area contributed by atoms with Crippen molar-refractivity contribution in [3.63, 3.8) is 0 Å². The number of halogens is 1. The zero-order chi connectivity index (χ0) is 13.0. The van der Waals surface area contributed by atoms with E-state index in [0.717, 1.165) is 5.56 Å². The van der Waals surface area contributed by atoms with Gasteiger partial charge in [-0.05, 0) is 24.0 Å². The Balaban J connectivity index is 2.84. The summed E-state index contributed by atoms with van der Waals surface area (Å²) in [4.78, 5) is 11.3. The van der Waals surface area contributed by atoms with Crippen LogP contribution in [0.4, 0.5) is 4.39 Å². The van der Waals surface area contributed by atoms with E-state index in [1.54, 1.807) is 31.2 Å². The highest BCUT2D eigenvalue weighted by Crippen LogP contribution is 2.27. The number of benzene rings is 1. The molecule has 0 N–H and O–H groups in total. The third kappa shape index (κ3) is 3.29. The number of carbonyl (C=O) groups is 1. The lowest BCUT2D eigenvalue weighted by Crippen LogP contribution is -2.11. The van der Waals surface area contributed by atoms with Crippen LogP contribution in [0.3, 0.4) is 0 Å². The molecule has 0 aliphatic heterocycles. The van der Waals surface area contributed by atoms with Crippen molar-refractivity contribution in [2.24, 2.45) is 5.92 Å². The van der Waals surface area contributed by atoms with Crippen LogP contribution in [0.15, 0.2) is 24.3 Å². The summed E-state index contributed by atoms with van der Waals surface area (Å²) in [5.41, 5.74) is 1.50. The predicted molar refractivity (Wildman–Crippen MR) is 65.6 cm³/mol. The van der Waals surface area contributed by atoms with Crippen LogP contribution in [0.2, 0.25) is 0 Å². The van der Waals surface area contributed by atoms with Gasteiger partial charge >= 0.3 is 5.97 Å². The Labute approximate surface area is 102 Å². The molecule has 1 aromatic carbocycles. The molecule has 94 valence electrons. The Morgan fingerprint density at radius 3 is 2.00 bits per heavy atom. The first-order chi connectivity index (χ1) is 7.97. The van der Waals surface area contributed by atoms with E-state index in [2.05, 4.69) is 4.74 Å². The van der Waals surface area contributed by atoms with Crippen molar-refractivity contribution in [1.29, 1.82) is 0 Å². The molecule has 0 aromatic heterocycles. The van der Waals surface area contributed by atoms with Gasteiger partial charge in [0.25, 0.3) is 0 Å². The third-order valence-electron chi connectivity index (χ3n) is 2.89. The Morgan fingerprint density at radius 1 is 1.12 bits per heavy atom. The molecular weight excluding hydrogens is 218 g/mol. The summed E-state index contributed by atoms with van der Waals surface area (Å²) < 4.78 is 18.4. The fraction of sp³-hybridized carbons (Fsp3) is 0.500. The van der Waals surface area contributed by atoms with Crippen molar-refractivity contribution in [3.8, 4) is 0 Å². The highest BCUT2D eigenvalue weighted by molar-refractivity contribution is 5.77. The molecule has 2 nitrogen and oxygen atoms in total. The van der Waals surface area contributed by atoms with E-state index in [1.165, 1.54) is 7.11 Å². The van der Waals surface area contributed by atoms with Gasteiger partial charge in [-0.2, -0.15) is 0 Å². The second-order valence-electron chi connectivity index (χ2n) is 4.56. The number of carbonyl (C=O) groups excluding carboxylic acids is 1. The molecule has 0 spiro atoms. The third-order valence-corrected chi connectivity index (χ3v) is 2.89. The first-order valence-electron chi connectivity index (χ1n) is 5.79. The minimum atomic E-state index is -0.961. The van der Waals surface area contributed by atoms with Gasteiger partial charge in [0.05, 0.1) is 13.0 Å². The van der Waals surface area contributed by atoms with Gasteiger partial charge in [-0.3, -0.25) is 4.79 Å². The first kappa shape index (κ1) is 13.7. The summed E-state index contributed by atoms with van der Waals surface area (Å²) in [5, 5.41) is 0. The van der Waals surface area contributed by atoms with Crippen LogP contribution in [0, 0.1) is 5.92 Å². The zero-order valence-corrected chi connectivity index (χ0v) is 10.7. The largest absolute Gasteiger partial charge is 0.469 e. The minimum absolute atomic E-state index is 0.0427. The van der Waals surface area contributed by atoms with E-state index in [4.69, 9.17) is 0 Å². The van der Waals surface area contributed by atoms with E-state index in [1.807, 2.05) is 13.8 Å². The van der Waals surface area contributed by atoms with Crippen LogP contribution < -0.4 is 0 Å². The van der Waals surface area contributed by atoms with Gasteiger partial charge in [0.1, 0.15) is 6.17 Å². The zero-order valence-electron chi connectivity index (χ0n) is 10.7. The molecule has 0 saturated heterocycles. The highest BCUT2D eigenvalue weighted by Gasteiger charge is 2.17. The monoisotopic (exact) mass is 237 g/mol. The van der Waals surface area contributed by atoms with Crippen LogP contribution in [-0.4, -0.2) is 13.1 Å². The van der Waals surface area contributed by atoms with Gasteiger partial charge in [0, 0.05) is 0 Å². The van der Waals surface area contributed by atoms with Gasteiger partial charge in [-0.15, -0.1) is 0 Å². The quantitative estimate of drug-likeness (QED) is 0.747. The van der Waals surface area contributed by atoms with E-state index < -0.39 is 6.17 Å². The molecule has 0 aliphatic carbocycles. The number of alkyl halides is 1. The molecule has 0 aliphatic rings. The number of hydrogen-bond acceptors (Lipinski definition) is 2. The van der Waals surface area contributed by atoms with Gasteiger partial charge in [0.15, 0.2) is 0 Å². The summed E-state index contributed by atoms with van der Waals surface area (Å²) in [7, 11) is 1.36. The average molecular weight is 237 g/mol. The fourth-order valence-corrected chi connectivity index (χ4v) is 1.67. The lowest BCUT2D eigenvalue weighted by molar-refractivity contribution is -0.141. The first-order valence-corrected chi connectivity index (χ1v) is 5.79. The van der Waals surface area contributed by atoms with Gasteiger partial charge < -0.3 is 4.74 Å². The van der Waals surface area contributed by atoms with Crippen molar-refractivity contribution in [1.82, 2.24) is 0 Å². The Morgan fingerprint density at radius 2 is 1.59 bits per heavy atom. The molecule has 0 heterocycles. The summed E-state index contributed by atoms with van der Waals surface area (Å²) >= 11 is 0. The van der Waals surface area contributed by atoms with Crippen LogP contribution >= 0.6 is 0 Å². The topological polar surface area (TPSA) is 26.3 Å². The maximum absolute atomic E-state index is 13.7. The number of methoxy groups -OCH3 is 1. The van der Waals surface area contributed by atoms with Crippen molar-refractivity contribution in [2.45, 2.75) is 32.9 Å². The molecule has 17 heavy (non-hydrogen) atoms. The van der Waals surface area contributed by atoms with Gasteiger partial charge in [0.2, 0.25) is 0 Å². The molecule has 0 bridgehead atoms. The summed E-state index contributed by atoms with van der Waals surface area (Å²) in [6.45, 7) is 5.46. The van der Waals surface area contributed by atoms with E-state index in [0.29, 0.717) is 5.56 Å². The van der Waals surface area contributed by atoms with E-state index in [-0.39, 0.29) is 17.8 Å². The number of esters is 1. The van der Waals surface area contributed by atoms with E-state index in [9.17, 15) is 9.18 Å². The minimum Gasteiger partial charge on any atom is -0.469 e. The molecule has 0 radical (unpaired) electrons. The molecule has 2 atom stereocenters. The molecule has 1 aromatic rings. The fourth-order valence-electron chi connectivity index (χ4n) is 1.67. The van der Waals surface area contributed by atoms with E-state index >= 15 is 0 Å². The smallest absolute Gasteiger partial charge is 0.312 e. The molecule has 3 heteroatoms. The number of hydrogen-bond donors (Lipinski definition) is 0. The van der Waals surface area contributed by atoms with Crippen molar-refractivity contribution < 1.29 is 13.9 Å². The maximum atomic E-state index is 13.7. The maximum Gasteiger partial charge on any atom is 0.312 e.